The Morgan fingerprint density at radius 3 is 2.67 bits per heavy atom. The molecular weight excluding hydrogens is 308 g/mol. The van der Waals surface area contributed by atoms with Crippen molar-refractivity contribution < 1.29 is 19.1 Å². The van der Waals surface area contributed by atoms with Crippen molar-refractivity contribution in [2.24, 2.45) is 5.92 Å². The van der Waals surface area contributed by atoms with Gasteiger partial charge in [-0.25, -0.2) is 9.59 Å². The van der Waals surface area contributed by atoms with Crippen molar-refractivity contribution >= 4 is 23.0 Å². The largest absolute Gasteiger partial charge is 0.464 e. The summed E-state index contributed by atoms with van der Waals surface area (Å²) in [7, 11) is 0. The van der Waals surface area contributed by atoms with Gasteiger partial charge >= 0.3 is 12.1 Å². The third-order valence-electron chi connectivity index (χ3n) is 3.51. The van der Waals surface area contributed by atoms with Crippen molar-refractivity contribution in [3.63, 3.8) is 0 Å². The fourth-order valence-corrected chi connectivity index (χ4v) is 2.38. The number of fused-ring (bicyclic) bond motifs is 1. The van der Waals surface area contributed by atoms with Gasteiger partial charge in [-0.1, -0.05) is 32.0 Å². The van der Waals surface area contributed by atoms with Crippen molar-refractivity contribution in [3.8, 4) is 0 Å². The molecule has 0 spiro atoms. The highest BCUT2D eigenvalue weighted by molar-refractivity contribution is 5.86. The number of esters is 1. The second-order valence-electron chi connectivity index (χ2n) is 6.00. The second kappa shape index (κ2) is 8.38. The summed E-state index contributed by atoms with van der Waals surface area (Å²) >= 11 is 0. The Hall–Kier alpha value is -2.50. The SMILES string of the molecule is CCOC(=O)C(Cc1c[nH]c2ccccc12)NC(=O)OCC(C)C. The molecule has 1 aromatic heterocycles. The van der Waals surface area contributed by atoms with Gasteiger partial charge in [0.15, 0.2) is 0 Å². The van der Waals surface area contributed by atoms with Crippen LogP contribution in [0.1, 0.15) is 26.3 Å². The highest BCUT2D eigenvalue weighted by atomic mass is 16.6. The molecule has 6 heteroatoms. The first-order valence-electron chi connectivity index (χ1n) is 8.16. The van der Waals surface area contributed by atoms with Crippen molar-refractivity contribution in [1.29, 1.82) is 0 Å². The number of benzene rings is 1. The molecule has 0 aliphatic rings. The lowest BCUT2D eigenvalue weighted by atomic mass is 10.1. The van der Waals surface area contributed by atoms with E-state index in [0.717, 1.165) is 16.5 Å². The first-order valence-corrected chi connectivity index (χ1v) is 8.16. The summed E-state index contributed by atoms with van der Waals surface area (Å²) in [5.41, 5.74) is 1.92. The standard InChI is InChI=1S/C18H24N2O4/c1-4-23-17(21)16(20-18(22)24-11-12(2)3)9-13-10-19-15-8-6-5-7-14(13)15/h5-8,10,12,16,19H,4,9,11H2,1-3H3,(H,20,22). The molecule has 0 aliphatic heterocycles. The number of alkyl carbamates (subject to hydrolysis) is 1. The van der Waals surface area contributed by atoms with Crippen LogP contribution in [0.15, 0.2) is 30.5 Å². The van der Waals surface area contributed by atoms with E-state index in [-0.39, 0.29) is 12.5 Å². The molecule has 1 amide bonds. The molecule has 0 bridgehead atoms. The number of nitrogens with one attached hydrogen (secondary N) is 2. The molecule has 130 valence electrons. The van der Waals surface area contributed by atoms with E-state index in [1.54, 1.807) is 6.92 Å². The van der Waals surface area contributed by atoms with E-state index in [1.807, 2.05) is 44.3 Å². The van der Waals surface area contributed by atoms with E-state index in [0.29, 0.717) is 13.0 Å². The van der Waals surface area contributed by atoms with Gasteiger partial charge in [0.25, 0.3) is 0 Å². The highest BCUT2D eigenvalue weighted by Crippen LogP contribution is 2.19. The van der Waals surface area contributed by atoms with E-state index in [4.69, 9.17) is 9.47 Å². The minimum atomic E-state index is -0.788. The van der Waals surface area contributed by atoms with Crippen LogP contribution in [0.4, 0.5) is 4.79 Å². The number of aromatic amines is 1. The monoisotopic (exact) mass is 332 g/mol. The fourth-order valence-electron chi connectivity index (χ4n) is 2.38. The van der Waals surface area contributed by atoms with E-state index in [2.05, 4.69) is 10.3 Å². The zero-order chi connectivity index (χ0) is 17.5. The van der Waals surface area contributed by atoms with E-state index in [9.17, 15) is 9.59 Å². The maximum atomic E-state index is 12.2. The number of hydrogen-bond acceptors (Lipinski definition) is 4. The third kappa shape index (κ3) is 4.75. The topological polar surface area (TPSA) is 80.4 Å². The summed E-state index contributed by atoms with van der Waals surface area (Å²) in [5.74, 6) is -0.241. The molecule has 0 aliphatic carbocycles. The number of carbonyl (C=O) groups excluding carboxylic acids is 2. The number of para-hydroxylation sites is 1. The highest BCUT2D eigenvalue weighted by Gasteiger charge is 2.24. The smallest absolute Gasteiger partial charge is 0.407 e. The van der Waals surface area contributed by atoms with E-state index >= 15 is 0 Å². The Balaban J connectivity index is 2.11. The average Bonchev–Trinajstić information content (AvgIpc) is 2.96. The van der Waals surface area contributed by atoms with E-state index < -0.39 is 18.1 Å². The Morgan fingerprint density at radius 1 is 1.21 bits per heavy atom. The molecule has 0 radical (unpaired) electrons. The van der Waals surface area contributed by atoms with Crippen LogP contribution >= 0.6 is 0 Å². The molecule has 1 atom stereocenters. The van der Waals surface area contributed by atoms with Gasteiger partial charge in [0, 0.05) is 23.5 Å². The fraction of sp³-hybridized carbons (Fsp3) is 0.444. The third-order valence-corrected chi connectivity index (χ3v) is 3.51. The first kappa shape index (κ1) is 17.8. The lowest BCUT2D eigenvalue weighted by molar-refractivity contribution is -0.145. The quantitative estimate of drug-likeness (QED) is 0.764. The lowest BCUT2D eigenvalue weighted by Crippen LogP contribution is -2.43. The lowest BCUT2D eigenvalue weighted by Gasteiger charge is -2.17. The average molecular weight is 332 g/mol. The van der Waals surface area contributed by atoms with Crippen LogP contribution in [0, 0.1) is 5.92 Å². The second-order valence-corrected chi connectivity index (χ2v) is 6.00. The predicted molar refractivity (Wildman–Crippen MR) is 91.7 cm³/mol. The summed E-state index contributed by atoms with van der Waals surface area (Å²) in [6.45, 7) is 6.18. The zero-order valence-electron chi connectivity index (χ0n) is 14.3. The Morgan fingerprint density at radius 2 is 1.96 bits per heavy atom. The summed E-state index contributed by atoms with van der Waals surface area (Å²) in [4.78, 5) is 27.2. The summed E-state index contributed by atoms with van der Waals surface area (Å²) in [5, 5.41) is 3.63. The summed E-state index contributed by atoms with van der Waals surface area (Å²) < 4.78 is 10.2. The molecule has 0 saturated carbocycles. The summed E-state index contributed by atoms with van der Waals surface area (Å²) in [6.07, 6.45) is 1.57. The minimum Gasteiger partial charge on any atom is -0.464 e. The number of amides is 1. The van der Waals surface area contributed by atoms with Gasteiger partial charge in [0.05, 0.1) is 13.2 Å². The maximum Gasteiger partial charge on any atom is 0.407 e. The molecule has 0 fully saturated rings. The molecule has 1 unspecified atom stereocenters. The van der Waals surface area contributed by atoms with Crippen molar-refractivity contribution in [3.05, 3.63) is 36.0 Å². The predicted octanol–water partition coefficient (Wildman–Crippen LogP) is 3.02. The number of ether oxygens (including phenoxy) is 2. The van der Waals surface area contributed by atoms with Crippen LogP contribution < -0.4 is 5.32 Å². The number of hydrogen-bond donors (Lipinski definition) is 2. The minimum absolute atomic E-state index is 0.227. The van der Waals surface area contributed by atoms with Gasteiger partial charge in [-0.15, -0.1) is 0 Å². The number of H-pyrrole nitrogens is 1. The molecule has 2 rings (SSSR count). The van der Waals surface area contributed by atoms with Gasteiger partial charge in [0.2, 0.25) is 0 Å². The molecule has 1 aromatic carbocycles. The van der Waals surface area contributed by atoms with Gasteiger partial charge in [-0.2, -0.15) is 0 Å². The van der Waals surface area contributed by atoms with Gasteiger partial charge in [0.1, 0.15) is 6.04 Å². The molecule has 2 aromatic rings. The molecule has 2 N–H and O–H groups in total. The van der Waals surface area contributed by atoms with Crippen LogP contribution in [0.5, 0.6) is 0 Å². The number of rotatable bonds is 7. The van der Waals surface area contributed by atoms with E-state index in [1.165, 1.54) is 0 Å². The van der Waals surface area contributed by atoms with Crippen LogP contribution in [-0.4, -0.2) is 36.3 Å². The van der Waals surface area contributed by atoms with Gasteiger partial charge in [-0.3, -0.25) is 0 Å². The molecular formula is C18H24N2O4. The Bertz CT molecular complexity index is 693. The van der Waals surface area contributed by atoms with Crippen molar-refractivity contribution in [2.45, 2.75) is 33.2 Å². The first-order chi connectivity index (χ1) is 11.5. The van der Waals surface area contributed by atoms with Crippen LogP contribution in [0.2, 0.25) is 0 Å². The van der Waals surface area contributed by atoms with Crippen LogP contribution in [0.3, 0.4) is 0 Å². The summed E-state index contributed by atoms with van der Waals surface area (Å²) in [6, 6.07) is 7.02. The maximum absolute atomic E-state index is 12.2. The molecule has 24 heavy (non-hydrogen) atoms. The number of carbonyl (C=O) groups is 2. The van der Waals surface area contributed by atoms with Crippen LogP contribution in [-0.2, 0) is 20.7 Å². The van der Waals surface area contributed by atoms with Gasteiger partial charge < -0.3 is 19.8 Å². The van der Waals surface area contributed by atoms with Gasteiger partial charge in [-0.05, 0) is 24.5 Å². The Labute approximate surface area is 141 Å². The molecule has 1 heterocycles. The Kier molecular flexibility index (Phi) is 6.23. The molecule has 6 nitrogen and oxygen atoms in total. The van der Waals surface area contributed by atoms with Crippen molar-refractivity contribution in [2.75, 3.05) is 13.2 Å². The molecule has 0 saturated heterocycles. The normalized spacial score (nSPS) is 12.2. The number of aromatic nitrogens is 1. The van der Waals surface area contributed by atoms with Crippen LogP contribution in [0.25, 0.3) is 10.9 Å². The van der Waals surface area contributed by atoms with Crippen molar-refractivity contribution in [1.82, 2.24) is 10.3 Å². The zero-order valence-corrected chi connectivity index (χ0v) is 14.3.